The molecule has 0 unspecified atom stereocenters. The number of fused-ring (bicyclic) bond motifs is 1. The molecular weight excluding hydrogens is 256 g/mol. The third-order valence-electron chi connectivity index (χ3n) is 3.09. The monoisotopic (exact) mass is 268 g/mol. The van der Waals surface area contributed by atoms with E-state index in [1.54, 1.807) is 24.3 Å². The number of ether oxygens (including phenoxy) is 1. The standard InChI is InChI=1S/C15H12N2O3/c16-8-11-1-3-12(4-2-11)9-19-14-5-6-15-13(7-14)10-20-17(15)18/h1-7,18H,9-10H2. The summed E-state index contributed by atoms with van der Waals surface area (Å²) in [5.74, 6) is 0.715. The van der Waals surface area contributed by atoms with Crippen LogP contribution in [0.2, 0.25) is 0 Å². The molecule has 2 aromatic carbocycles. The number of benzene rings is 2. The number of hydrogen-bond acceptors (Lipinski definition) is 5. The smallest absolute Gasteiger partial charge is 0.120 e. The molecule has 1 aliphatic heterocycles. The molecule has 0 saturated carbocycles. The van der Waals surface area contributed by atoms with Gasteiger partial charge in [-0.1, -0.05) is 12.1 Å². The zero-order valence-corrected chi connectivity index (χ0v) is 10.6. The van der Waals surface area contributed by atoms with Crippen LogP contribution in [0, 0.1) is 11.3 Å². The maximum Gasteiger partial charge on any atom is 0.120 e. The maximum absolute atomic E-state index is 9.37. The first-order chi connectivity index (χ1) is 9.76. The Morgan fingerprint density at radius 3 is 2.80 bits per heavy atom. The van der Waals surface area contributed by atoms with Crippen molar-refractivity contribution in [2.75, 3.05) is 5.23 Å². The highest BCUT2D eigenvalue weighted by molar-refractivity contribution is 5.54. The molecule has 2 aromatic rings. The second-order valence-electron chi connectivity index (χ2n) is 4.43. The van der Waals surface area contributed by atoms with Crippen LogP contribution in [0.25, 0.3) is 0 Å². The van der Waals surface area contributed by atoms with Crippen molar-refractivity contribution in [3.63, 3.8) is 0 Å². The molecule has 0 atom stereocenters. The van der Waals surface area contributed by atoms with E-state index >= 15 is 0 Å². The average Bonchev–Trinajstić information content (AvgIpc) is 2.87. The summed E-state index contributed by atoms with van der Waals surface area (Å²) in [6.45, 7) is 0.758. The van der Waals surface area contributed by atoms with Gasteiger partial charge >= 0.3 is 0 Å². The summed E-state index contributed by atoms with van der Waals surface area (Å²) in [5, 5.41) is 18.9. The summed E-state index contributed by atoms with van der Waals surface area (Å²) in [4.78, 5) is 4.97. The van der Waals surface area contributed by atoms with Crippen molar-refractivity contribution in [1.82, 2.24) is 0 Å². The molecule has 100 valence electrons. The van der Waals surface area contributed by atoms with Crippen LogP contribution in [-0.2, 0) is 18.1 Å². The van der Waals surface area contributed by atoms with Gasteiger partial charge in [-0.15, -0.1) is 5.23 Å². The Kier molecular flexibility index (Phi) is 3.25. The molecule has 0 radical (unpaired) electrons. The van der Waals surface area contributed by atoms with E-state index < -0.39 is 0 Å². The fraction of sp³-hybridized carbons (Fsp3) is 0.133. The fourth-order valence-electron chi connectivity index (χ4n) is 2.00. The Morgan fingerprint density at radius 1 is 1.25 bits per heavy atom. The zero-order chi connectivity index (χ0) is 13.9. The molecular formula is C15H12N2O3. The fourth-order valence-corrected chi connectivity index (χ4v) is 2.00. The van der Waals surface area contributed by atoms with E-state index in [0.29, 0.717) is 30.2 Å². The van der Waals surface area contributed by atoms with Gasteiger partial charge in [0.1, 0.15) is 24.7 Å². The molecule has 5 nitrogen and oxygen atoms in total. The molecule has 0 bridgehead atoms. The highest BCUT2D eigenvalue weighted by atomic mass is 16.9. The van der Waals surface area contributed by atoms with Crippen LogP contribution >= 0.6 is 0 Å². The summed E-state index contributed by atoms with van der Waals surface area (Å²) in [6.07, 6.45) is 0. The van der Waals surface area contributed by atoms with Gasteiger partial charge in [-0.05, 0) is 35.9 Å². The van der Waals surface area contributed by atoms with E-state index in [-0.39, 0.29) is 0 Å². The maximum atomic E-state index is 9.37. The number of nitriles is 1. The van der Waals surface area contributed by atoms with E-state index in [4.69, 9.17) is 14.8 Å². The molecule has 0 spiro atoms. The first-order valence-corrected chi connectivity index (χ1v) is 6.13. The second kappa shape index (κ2) is 5.21. The molecule has 0 aromatic heterocycles. The summed E-state index contributed by atoms with van der Waals surface area (Å²) in [6, 6.07) is 14.7. The number of hydrogen-bond donors (Lipinski definition) is 1. The minimum Gasteiger partial charge on any atom is -0.489 e. The molecule has 0 aliphatic carbocycles. The third kappa shape index (κ3) is 2.43. The lowest BCUT2D eigenvalue weighted by Crippen LogP contribution is -2.10. The largest absolute Gasteiger partial charge is 0.489 e. The van der Waals surface area contributed by atoms with Crippen LogP contribution in [0.3, 0.4) is 0 Å². The number of anilines is 1. The minimum absolute atomic E-state index is 0.333. The van der Waals surface area contributed by atoms with Gasteiger partial charge in [-0.2, -0.15) is 5.26 Å². The number of rotatable bonds is 3. The Bertz CT molecular complexity index is 662. The Balaban J connectivity index is 1.68. The Labute approximate surface area is 116 Å². The van der Waals surface area contributed by atoms with Gasteiger partial charge in [-0.3, -0.25) is 5.21 Å². The summed E-state index contributed by atoms with van der Waals surface area (Å²) >= 11 is 0. The average molecular weight is 268 g/mol. The van der Waals surface area contributed by atoms with E-state index in [1.165, 1.54) is 0 Å². The predicted molar refractivity (Wildman–Crippen MR) is 71.0 cm³/mol. The molecule has 0 fully saturated rings. The summed E-state index contributed by atoms with van der Waals surface area (Å²) < 4.78 is 5.69. The van der Waals surface area contributed by atoms with Gasteiger partial charge < -0.3 is 4.74 Å². The SMILES string of the molecule is N#Cc1ccc(COc2ccc3c(c2)CON3O)cc1. The lowest BCUT2D eigenvalue weighted by molar-refractivity contribution is -0.0329. The van der Waals surface area contributed by atoms with Gasteiger partial charge in [0.2, 0.25) is 0 Å². The van der Waals surface area contributed by atoms with Crippen LogP contribution in [-0.4, -0.2) is 5.21 Å². The van der Waals surface area contributed by atoms with Gasteiger partial charge in [0, 0.05) is 5.56 Å². The number of nitrogens with zero attached hydrogens (tertiary/aromatic N) is 2. The predicted octanol–water partition coefficient (Wildman–Crippen LogP) is 2.78. The first kappa shape index (κ1) is 12.5. The molecule has 0 amide bonds. The van der Waals surface area contributed by atoms with Crippen molar-refractivity contribution in [3.05, 3.63) is 59.2 Å². The molecule has 1 aliphatic rings. The highest BCUT2D eigenvalue weighted by Crippen LogP contribution is 2.30. The van der Waals surface area contributed by atoms with Crippen LogP contribution < -0.4 is 9.96 Å². The molecule has 0 saturated heterocycles. The highest BCUT2D eigenvalue weighted by Gasteiger charge is 2.18. The van der Waals surface area contributed by atoms with Crippen LogP contribution in [0.5, 0.6) is 5.75 Å². The Hall–Kier alpha value is -2.55. The van der Waals surface area contributed by atoms with Crippen molar-refractivity contribution < 1.29 is 14.8 Å². The van der Waals surface area contributed by atoms with Gasteiger partial charge in [0.15, 0.2) is 0 Å². The van der Waals surface area contributed by atoms with Gasteiger partial charge in [-0.25, -0.2) is 4.84 Å². The topological polar surface area (TPSA) is 65.7 Å². The lowest BCUT2D eigenvalue weighted by atomic mass is 10.1. The molecule has 20 heavy (non-hydrogen) atoms. The van der Waals surface area contributed by atoms with E-state index in [0.717, 1.165) is 16.4 Å². The molecule has 3 rings (SSSR count). The minimum atomic E-state index is 0.333. The van der Waals surface area contributed by atoms with Crippen LogP contribution in [0.15, 0.2) is 42.5 Å². The first-order valence-electron chi connectivity index (χ1n) is 6.13. The molecule has 1 N–H and O–H groups in total. The van der Waals surface area contributed by atoms with Crippen molar-refractivity contribution in [3.8, 4) is 11.8 Å². The van der Waals surface area contributed by atoms with Gasteiger partial charge in [0.25, 0.3) is 0 Å². The quantitative estimate of drug-likeness (QED) is 0.927. The third-order valence-corrected chi connectivity index (χ3v) is 3.09. The summed E-state index contributed by atoms with van der Waals surface area (Å²) in [7, 11) is 0. The van der Waals surface area contributed by atoms with E-state index in [9.17, 15) is 5.21 Å². The van der Waals surface area contributed by atoms with Crippen molar-refractivity contribution in [1.29, 1.82) is 5.26 Å². The van der Waals surface area contributed by atoms with E-state index in [1.807, 2.05) is 18.2 Å². The van der Waals surface area contributed by atoms with E-state index in [2.05, 4.69) is 6.07 Å². The molecule has 1 heterocycles. The van der Waals surface area contributed by atoms with Crippen molar-refractivity contribution >= 4 is 5.69 Å². The second-order valence-corrected chi connectivity index (χ2v) is 4.43. The van der Waals surface area contributed by atoms with Crippen molar-refractivity contribution in [2.45, 2.75) is 13.2 Å². The zero-order valence-electron chi connectivity index (χ0n) is 10.6. The van der Waals surface area contributed by atoms with Gasteiger partial charge in [0.05, 0.1) is 11.6 Å². The lowest BCUT2D eigenvalue weighted by Gasteiger charge is -2.09. The summed E-state index contributed by atoms with van der Waals surface area (Å²) in [5.41, 5.74) is 3.14. The van der Waals surface area contributed by atoms with Crippen LogP contribution in [0.1, 0.15) is 16.7 Å². The van der Waals surface area contributed by atoms with Crippen LogP contribution in [0.4, 0.5) is 5.69 Å². The molecule has 5 heteroatoms. The Morgan fingerprint density at radius 2 is 2.05 bits per heavy atom. The normalized spacial score (nSPS) is 12.9. The van der Waals surface area contributed by atoms with Crippen molar-refractivity contribution in [2.24, 2.45) is 0 Å².